The molecule has 2 amide bonds. The highest BCUT2D eigenvalue weighted by Gasteiger charge is 2.51. The lowest BCUT2D eigenvalue weighted by molar-refractivity contribution is -0.136. The van der Waals surface area contributed by atoms with E-state index in [-0.39, 0.29) is 23.8 Å². The summed E-state index contributed by atoms with van der Waals surface area (Å²) in [5.74, 6) is 3.73. The van der Waals surface area contributed by atoms with Crippen LogP contribution in [-0.2, 0) is 22.6 Å². The Hall–Kier alpha value is -2.08. The Balaban J connectivity index is 0.943. The first-order chi connectivity index (χ1) is 16.0. The van der Waals surface area contributed by atoms with Gasteiger partial charge in [0, 0.05) is 45.6 Å². The van der Waals surface area contributed by atoms with Crippen molar-refractivity contribution in [1.82, 2.24) is 15.1 Å². The fraction of sp³-hybridized carbons (Fsp3) is 0.704. The van der Waals surface area contributed by atoms with E-state index in [2.05, 4.69) is 28.4 Å². The van der Waals surface area contributed by atoms with Crippen LogP contribution in [-0.4, -0.2) is 60.9 Å². The third-order valence-corrected chi connectivity index (χ3v) is 9.02. The van der Waals surface area contributed by atoms with Crippen LogP contribution in [0.2, 0.25) is 0 Å². The molecule has 33 heavy (non-hydrogen) atoms. The molecule has 2 aliphatic heterocycles. The number of carbonyl (C=O) groups excluding carboxylic acids is 2. The third-order valence-electron chi connectivity index (χ3n) is 9.02. The van der Waals surface area contributed by atoms with E-state index in [0.717, 1.165) is 69.3 Å². The molecule has 0 radical (unpaired) electrons. The molecule has 2 heterocycles. The number of hydrogen-bond donors (Lipinski definition) is 1. The van der Waals surface area contributed by atoms with Crippen molar-refractivity contribution in [3.8, 4) is 5.75 Å². The maximum absolute atomic E-state index is 12.8. The maximum atomic E-state index is 12.8. The molecule has 1 N–H and O–H groups in total. The molecule has 7 rings (SSSR count). The van der Waals surface area contributed by atoms with Crippen LogP contribution < -0.4 is 10.1 Å². The Morgan fingerprint density at radius 2 is 1.70 bits per heavy atom. The van der Waals surface area contributed by atoms with Gasteiger partial charge in [-0.05, 0) is 78.9 Å². The van der Waals surface area contributed by atoms with Crippen molar-refractivity contribution in [2.75, 3.05) is 39.3 Å². The second kappa shape index (κ2) is 8.61. The summed E-state index contributed by atoms with van der Waals surface area (Å²) in [6.45, 7) is 5.07. The molecule has 4 bridgehead atoms. The zero-order chi connectivity index (χ0) is 22.4. The van der Waals surface area contributed by atoms with Gasteiger partial charge in [-0.1, -0.05) is 12.1 Å². The van der Waals surface area contributed by atoms with Crippen LogP contribution in [0.3, 0.4) is 0 Å². The molecule has 6 aliphatic rings. The van der Waals surface area contributed by atoms with Crippen LogP contribution in [0.25, 0.3) is 0 Å². The van der Waals surface area contributed by atoms with Crippen molar-refractivity contribution in [3.63, 3.8) is 0 Å². The number of ether oxygens (including phenoxy) is 1. The van der Waals surface area contributed by atoms with Gasteiger partial charge < -0.3 is 15.0 Å². The molecule has 178 valence electrons. The first kappa shape index (κ1) is 21.5. The zero-order valence-corrected chi connectivity index (χ0v) is 19.7. The van der Waals surface area contributed by atoms with Gasteiger partial charge in [-0.15, -0.1) is 0 Å². The lowest BCUT2D eigenvalue weighted by Crippen LogP contribution is -2.51. The van der Waals surface area contributed by atoms with Gasteiger partial charge in [0.25, 0.3) is 0 Å². The lowest BCUT2D eigenvalue weighted by Gasteiger charge is -2.56. The van der Waals surface area contributed by atoms with Gasteiger partial charge in [0.1, 0.15) is 5.75 Å². The van der Waals surface area contributed by atoms with Crippen molar-refractivity contribution in [2.24, 2.45) is 23.2 Å². The monoisotopic (exact) mass is 451 g/mol. The molecule has 1 saturated heterocycles. The Morgan fingerprint density at radius 1 is 1.00 bits per heavy atom. The standard InChI is InChI=1S/C27H37N3O3/c31-25(16-27-13-20-9-21(14-27)11-22(10-20)15-27)28-17-26(32)30-6-4-29(5-7-30)18-19-1-2-24-23(12-19)3-8-33-24/h1-2,12,20-22H,3-11,13-18H2,(H,28,31). The normalized spacial score (nSPS) is 32.5. The van der Waals surface area contributed by atoms with Crippen molar-refractivity contribution >= 4 is 11.8 Å². The van der Waals surface area contributed by atoms with E-state index in [1.807, 2.05) is 4.90 Å². The number of hydrogen-bond acceptors (Lipinski definition) is 4. The molecule has 4 saturated carbocycles. The molecule has 0 atom stereocenters. The summed E-state index contributed by atoms with van der Waals surface area (Å²) in [5.41, 5.74) is 2.86. The molecule has 6 heteroatoms. The van der Waals surface area contributed by atoms with Crippen LogP contribution in [0.5, 0.6) is 5.75 Å². The Labute approximate surface area is 197 Å². The number of rotatable bonds is 6. The van der Waals surface area contributed by atoms with Crippen molar-refractivity contribution in [2.45, 2.75) is 57.9 Å². The van der Waals surface area contributed by atoms with Gasteiger partial charge in [-0.2, -0.15) is 0 Å². The minimum Gasteiger partial charge on any atom is -0.493 e. The first-order valence-corrected chi connectivity index (χ1v) is 13.1. The van der Waals surface area contributed by atoms with E-state index in [0.29, 0.717) is 6.42 Å². The number of carbonyl (C=O) groups is 2. The largest absolute Gasteiger partial charge is 0.493 e. The summed E-state index contributed by atoms with van der Waals surface area (Å²) in [6, 6.07) is 6.50. The Morgan fingerprint density at radius 3 is 2.39 bits per heavy atom. The molecule has 1 aromatic rings. The highest BCUT2D eigenvalue weighted by atomic mass is 16.5. The molecular formula is C27H37N3O3. The van der Waals surface area contributed by atoms with Crippen LogP contribution in [0.4, 0.5) is 0 Å². The molecule has 1 aromatic carbocycles. The van der Waals surface area contributed by atoms with E-state index in [1.54, 1.807) is 0 Å². The average Bonchev–Trinajstić information content (AvgIpc) is 3.25. The second-order valence-electron chi connectivity index (χ2n) is 11.6. The molecule has 5 fully saturated rings. The highest BCUT2D eigenvalue weighted by Crippen LogP contribution is 2.61. The quantitative estimate of drug-likeness (QED) is 0.722. The van der Waals surface area contributed by atoms with Crippen LogP contribution in [0.1, 0.15) is 56.1 Å². The van der Waals surface area contributed by atoms with Crippen molar-refractivity contribution in [3.05, 3.63) is 29.3 Å². The second-order valence-corrected chi connectivity index (χ2v) is 11.6. The van der Waals surface area contributed by atoms with E-state index in [4.69, 9.17) is 4.74 Å². The van der Waals surface area contributed by atoms with Gasteiger partial charge in [0.15, 0.2) is 0 Å². The SMILES string of the molecule is O=C(CC12CC3CC(CC(C3)C1)C2)NCC(=O)N1CCN(Cc2ccc3c(c2)CCO3)CC1. The van der Waals surface area contributed by atoms with E-state index < -0.39 is 0 Å². The third kappa shape index (κ3) is 4.51. The summed E-state index contributed by atoms with van der Waals surface area (Å²) in [7, 11) is 0. The number of nitrogens with one attached hydrogen (secondary N) is 1. The molecule has 4 aliphatic carbocycles. The van der Waals surface area contributed by atoms with Gasteiger partial charge in [0.05, 0.1) is 13.2 Å². The maximum Gasteiger partial charge on any atom is 0.242 e. The lowest BCUT2D eigenvalue weighted by atomic mass is 9.49. The van der Waals surface area contributed by atoms with Gasteiger partial charge in [0.2, 0.25) is 11.8 Å². The number of nitrogens with zero attached hydrogens (tertiary/aromatic N) is 2. The van der Waals surface area contributed by atoms with E-state index >= 15 is 0 Å². The predicted molar refractivity (Wildman–Crippen MR) is 126 cm³/mol. The average molecular weight is 452 g/mol. The van der Waals surface area contributed by atoms with Crippen LogP contribution in [0.15, 0.2) is 18.2 Å². The zero-order valence-electron chi connectivity index (χ0n) is 19.7. The summed E-state index contributed by atoms with van der Waals surface area (Å²) in [6.07, 6.45) is 9.52. The van der Waals surface area contributed by atoms with Gasteiger partial charge in [-0.3, -0.25) is 14.5 Å². The molecular weight excluding hydrogens is 414 g/mol. The minimum absolute atomic E-state index is 0.0585. The number of piperazine rings is 1. The fourth-order valence-electron chi connectivity index (χ4n) is 7.95. The molecule has 6 nitrogen and oxygen atoms in total. The number of fused-ring (bicyclic) bond motifs is 1. The van der Waals surface area contributed by atoms with Crippen LogP contribution >= 0.6 is 0 Å². The smallest absolute Gasteiger partial charge is 0.242 e. The highest BCUT2D eigenvalue weighted by molar-refractivity contribution is 5.85. The summed E-state index contributed by atoms with van der Waals surface area (Å²) >= 11 is 0. The van der Waals surface area contributed by atoms with Crippen molar-refractivity contribution < 1.29 is 14.3 Å². The Bertz CT molecular complexity index is 886. The van der Waals surface area contributed by atoms with Crippen LogP contribution in [0, 0.1) is 23.2 Å². The molecule has 0 aromatic heterocycles. The number of amides is 2. The predicted octanol–water partition coefficient (Wildman–Crippen LogP) is 2.99. The molecule has 0 spiro atoms. The van der Waals surface area contributed by atoms with E-state index in [1.165, 1.54) is 49.7 Å². The first-order valence-electron chi connectivity index (χ1n) is 13.1. The topological polar surface area (TPSA) is 61.9 Å². The molecule has 0 unspecified atom stereocenters. The van der Waals surface area contributed by atoms with E-state index in [9.17, 15) is 9.59 Å². The number of benzene rings is 1. The summed E-state index contributed by atoms with van der Waals surface area (Å²) in [5, 5.41) is 2.97. The van der Waals surface area contributed by atoms with Gasteiger partial charge >= 0.3 is 0 Å². The minimum atomic E-state index is 0.0585. The fourth-order valence-corrected chi connectivity index (χ4v) is 7.95. The summed E-state index contributed by atoms with van der Waals surface area (Å²) in [4.78, 5) is 29.8. The Kier molecular flexibility index (Phi) is 5.60. The van der Waals surface area contributed by atoms with Gasteiger partial charge in [-0.25, -0.2) is 0 Å². The summed E-state index contributed by atoms with van der Waals surface area (Å²) < 4.78 is 5.60. The van der Waals surface area contributed by atoms with Crippen molar-refractivity contribution in [1.29, 1.82) is 0 Å².